The molecule has 1 aromatic rings. The number of ether oxygens (including phenoxy) is 2. The number of hydrogen-bond acceptors (Lipinski definition) is 6. The molecular weight excluding hydrogens is 272 g/mol. The van der Waals surface area contributed by atoms with E-state index in [2.05, 4.69) is 10.3 Å². The molecule has 0 radical (unpaired) electrons. The van der Waals surface area contributed by atoms with E-state index in [1.165, 1.54) is 11.8 Å². The summed E-state index contributed by atoms with van der Waals surface area (Å²) in [5, 5.41) is 4.82. The second-order valence-electron chi connectivity index (χ2n) is 3.92. The second kappa shape index (κ2) is 7.08. The number of thioether (sulfide) groups is 1. The molecule has 0 saturated carbocycles. The average molecular weight is 288 g/mol. The van der Waals surface area contributed by atoms with Crippen molar-refractivity contribution in [3.8, 4) is 0 Å². The van der Waals surface area contributed by atoms with Crippen molar-refractivity contribution in [3.63, 3.8) is 0 Å². The van der Waals surface area contributed by atoms with Crippen molar-refractivity contribution in [1.29, 1.82) is 0 Å². The van der Waals surface area contributed by atoms with E-state index < -0.39 is 0 Å². The largest absolute Gasteiger partial charge is 0.376 e. The van der Waals surface area contributed by atoms with Crippen LogP contribution in [0, 0.1) is 6.92 Å². The maximum absolute atomic E-state index is 11.6. The third-order valence-electron chi connectivity index (χ3n) is 2.34. The van der Waals surface area contributed by atoms with Gasteiger partial charge in [-0.05, 0) is 6.92 Å². The maximum Gasteiger partial charge on any atom is 0.230 e. The maximum atomic E-state index is 11.6. The van der Waals surface area contributed by atoms with Crippen molar-refractivity contribution in [1.82, 2.24) is 10.3 Å². The van der Waals surface area contributed by atoms with E-state index in [0.29, 0.717) is 32.1 Å². The Labute approximate surface area is 114 Å². The summed E-state index contributed by atoms with van der Waals surface area (Å²) >= 11 is 3.02. The number of thiazole rings is 1. The van der Waals surface area contributed by atoms with Crippen molar-refractivity contribution in [3.05, 3.63) is 11.1 Å². The summed E-state index contributed by atoms with van der Waals surface area (Å²) in [6.07, 6.45) is -0.0187. The van der Waals surface area contributed by atoms with Crippen LogP contribution in [0.15, 0.2) is 9.72 Å². The van der Waals surface area contributed by atoms with E-state index in [4.69, 9.17) is 9.47 Å². The first kappa shape index (κ1) is 13.8. The van der Waals surface area contributed by atoms with Crippen molar-refractivity contribution >= 4 is 29.0 Å². The van der Waals surface area contributed by atoms with E-state index >= 15 is 0 Å². The lowest BCUT2D eigenvalue weighted by molar-refractivity contribution is -0.121. The van der Waals surface area contributed by atoms with Gasteiger partial charge in [-0.1, -0.05) is 11.8 Å². The fourth-order valence-electron chi connectivity index (χ4n) is 1.46. The van der Waals surface area contributed by atoms with Crippen LogP contribution in [0.3, 0.4) is 0 Å². The van der Waals surface area contributed by atoms with Crippen molar-refractivity contribution in [2.45, 2.75) is 17.4 Å². The lowest BCUT2D eigenvalue weighted by Gasteiger charge is -2.22. The summed E-state index contributed by atoms with van der Waals surface area (Å²) < 4.78 is 11.6. The van der Waals surface area contributed by atoms with Crippen LogP contribution < -0.4 is 5.32 Å². The summed E-state index contributed by atoms with van der Waals surface area (Å²) in [5.74, 6) is 0.391. The molecule has 5 nitrogen and oxygen atoms in total. The van der Waals surface area contributed by atoms with Gasteiger partial charge in [0.1, 0.15) is 0 Å². The molecule has 0 aliphatic carbocycles. The number of nitrogens with zero attached hydrogens (tertiary/aromatic N) is 1. The van der Waals surface area contributed by atoms with Crippen LogP contribution in [0.1, 0.15) is 5.69 Å². The van der Waals surface area contributed by atoms with Gasteiger partial charge in [-0.25, -0.2) is 4.98 Å². The SMILES string of the molecule is Cc1csc(SCC(=O)NCC2COCCO2)n1. The molecule has 1 aliphatic rings. The Bertz CT molecular complexity index is 391. The Morgan fingerprint density at radius 1 is 1.67 bits per heavy atom. The fourth-order valence-corrected chi connectivity index (χ4v) is 3.14. The number of hydrogen-bond donors (Lipinski definition) is 1. The lowest BCUT2D eigenvalue weighted by Crippen LogP contribution is -2.40. The molecule has 1 fully saturated rings. The third-order valence-corrected chi connectivity index (χ3v) is 4.48. The molecule has 1 atom stereocenters. The molecule has 1 unspecified atom stereocenters. The molecule has 100 valence electrons. The zero-order chi connectivity index (χ0) is 12.8. The second-order valence-corrected chi connectivity index (χ2v) is 6.00. The molecule has 1 amide bonds. The summed E-state index contributed by atoms with van der Waals surface area (Å²) in [7, 11) is 0. The summed E-state index contributed by atoms with van der Waals surface area (Å²) in [6.45, 7) is 4.26. The van der Waals surface area contributed by atoms with Crippen LogP contribution in [-0.2, 0) is 14.3 Å². The number of carbonyl (C=O) groups is 1. The molecule has 1 aromatic heterocycles. The summed E-state index contributed by atoms with van der Waals surface area (Å²) in [5.41, 5.74) is 0.996. The highest BCUT2D eigenvalue weighted by molar-refractivity contribution is 8.01. The monoisotopic (exact) mass is 288 g/mol. The van der Waals surface area contributed by atoms with Crippen molar-refractivity contribution in [2.75, 3.05) is 32.1 Å². The first-order valence-corrected chi connectivity index (χ1v) is 7.61. The van der Waals surface area contributed by atoms with Gasteiger partial charge in [-0.3, -0.25) is 4.79 Å². The number of amides is 1. The number of rotatable bonds is 5. The van der Waals surface area contributed by atoms with Gasteiger partial charge >= 0.3 is 0 Å². The zero-order valence-electron chi connectivity index (χ0n) is 10.2. The van der Waals surface area contributed by atoms with E-state index in [-0.39, 0.29) is 12.0 Å². The molecule has 2 heterocycles. The van der Waals surface area contributed by atoms with Gasteiger partial charge in [-0.15, -0.1) is 11.3 Å². The minimum atomic E-state index is -0.0187. The zero-order valence-corrected chi connectivity index (χ0v) is 11.8. The molecule has 0 bridgehead atoms. The van der Waals surface area contributed by atoms with Gasteiger partial charge < -0.3 is 14.8 Å². The molecule has 1 N–H and O–H groups in total. The highest BCUT2D eigenvalue weighted by Crippen LogP contribution is 2.21. The average Bonchev–Trinajstić information content (AvgIpc) is 2.81. The number of nitrogens with one attached hydrogen (secondary N) is 1. The molecule has 1 saturated heterocycles. The number of aryl methyl sites for hydroxylation is 1. The van der Waals surface area contributed by atoms with E-state index in [1.807, 2.05) is 12.3 Å². The molecular formula is C11H16N2O3S2. The number of aromatic nitrogens is 1. The van der Waals surface area contributed by atoms with Crippen molar-refractivity contribution in [2.24, 2.45) is 0 Å². The van der Waals surface area contributed by atoms with E-state index in [9.17, 15) is 4.79 Å². The topological polar surface area (TPSA) is 60.5 Å². The normalized spacial score (nSPS) is 19.7. The Morgan fingerprint density at radius 3 is 3.22 bits per heavy atom. The Kier molecular flexibility index (Phi) is 5.43. The van der Waals surface area contributed by atoms with Gasteiger partial charge in [0.05, 0.1) is 31.7 Å². The summed E-state index contributed by atoms with van der Waals surface area (Å²) in [4.78, 5) is 15.9. The van der Waals surface area contributed by atoms with Gasteiger partial charge in [0.15, 0.2) is 4.34 Å². The van der Waals surface area contributed by atoms with Crippen LogP contribution >= 0.6 is 23.1 Å². The standard InChI is InChI=1S/C11H16N2O3S2/c1-8-6-17-11(13-8)18-7-10(14)12-4-9-5-15-2-3-16-9/h6,9H,2-5,7H2,1H3,(H,12,14). The van der Waals surface area contributed by atoms with Gasteiger partial charge in [0.25, 0.3) is 0 Å². The third kappa shape index (κ3) is 4.56. The quantitative estimate of drug-likeness (QED) is 0.821. The van der Waals surface area contributed by atoms with E-state index in [0.717, 1.165) is 10.0 Å². The van der Waals surface area contributed by atoms with Crippen molar-refractivity contribution < 1.29 is 14.3 Å². The molecule has 18 heavy (non-hydrogen) atoms. The van der Waals surface area contributed by atoms with Gasteiger partial charge in [-0.2, -0.15) is 0 Å². The van der Waals surface area contributed by atoms with Gasteiger partial charge in [0.2, 0.25) is 5.91 Å². The molecule has 1 aliphatic heterocycles. The van der Waals surface area contributed by atoms with Crippen LogP contribution in [0.2, 0.25) is 0 Å². The van der Waals surface area contributed by atoms with Crippen LogP contribution in [0.4, 0.5) is 0 Å². The molecule has 0 spiro atoms. The smallest absolute Gasteiger partial charge is 0.230 e. The Hall–Kier alpha value is -0.630. The highest BCUT2D eigenvalue weighted by atomic mass is 32.2. The highest BCUT2D eigenvalue weighted by Gasteiger charge is 2.15. The molecule has 7 heteroatoms. The minimum absolute atomic E-state index is 0.00188. The Balaban J connectivity index is 1.62. The predicted octanol–water partition coefficient (Wildman–Crippen LogP) is 1.08. The molecule has 2 rings (SSSR count). The van der Waals surface area contributed by atoms with E-state index in [1.54, 1.807) is 11.3 Å². The van der Waals surface area contributed by atoms with Crippen LogP contribution in [0.5, 0.6) is 0 Å². The number of carbonyl (C=O) groups excluding carboxylic acids is 1. The fraction of sp³-hybridized carbons (Fsp3) is 0.636. The molecule has 0 aromatic carbocycles. The minimum Gasteiger partial charge on any atom is -0.376 e. The van der Waals surface area contributed by atoms with Crippen LogP contribution in [-0.4, -0.2) is 49.1 Å². The lowest BCUT2D eigenvalue weighted by atomic mass is 10.3. The first-order valence-electron chi connectivity index (χ1n) is 5.75. The Morgan fingerprint density at radius 2 is 2.56 bits per heavy atom. The summed E-state index contributed by atoms with van der Waals surface area (Å²) in [6, 6.07) is 0. The first-order chi connectivity index (χ1) is 8.74. The van der Waals surface area contributed by atoms with Gasteiger partial charge in [0, 0.05) is 17.6 Å². The predicted molar refractivity (Wildman–Crippen MR) is 71.1 cm³/mol. The van der Waals surface area contributed by atoms with Crippen LogP contribution in [0.25, 0.3) is 0 Å².